The van der Waals surface area contributed by atoms with Gasteiger partial charge in [0.2, 0.25) is 0 Å². The van der Waals surface area contributed by atoms with E-state index in [4.69, 9.17) is 0 Å². The van der Waals surface area contributed by atoms with Crippen molar-refractivity contribution in [1.82, 2.24) is 5.32 Å². The van der Waals surface area contributed by atoms with Gasteiger partial charge >= 0.3 is 0 Å². The molecule has 0 aromatic carbocycles. The monoisotopic (exact) mass is 279 g/mol. The van der Waals surface area contributed by atoms with Gasteiger partial charge in [0.15, 0.2) is 0 Å². The van der Waals surface area contributed by atoms with Crippen LogP contribution in [-0.2, 0) is 0 Å². The lowest BCUT2D eigenvalue weighted by Crippen LogP contribution is -2.55. The maximum Gasteiger partial charge on any atom is 0.0172 e. The van der Waals surface area contributed by atoms with Crippen molar-refractivity contribution in [3.05, 3.63) is 0 Å². The molecule has 2 heteroatoms. The predicted octanol–water partition coefficient (Wildman–Crippen LogP) is 4.08. The van der Waals surface area contributed by atoms with Crippen molar-refractivity contribution in [2.75, 3.05) is 12.3 Å². The predicted molar refractivity (Wildman–Crippen MR) is 83.5 cm³/mol. The van der Waals surface area contributed by atoms with Crippen LogP contribution in [0.3, 0.4) is 0 Å². The number of nitrogens with one attached hydrogen (secondary N) is 1. The zero-order valence-corrected chi connectivity index (χ0v) is 13.2. The Balaban J connectivity index is 1.40. The zero-order chi connectivity index (χ0) is 12.9. The molecule has 5 rings (SSSR count). The second-order valence-electron chi connectivity index (χ2n) is 8.04. The van der Waals surface area contributed by atoms with Crippen molar-refractivity contribution in [3.63, 3.8) is 0 Å². The number of thioether (sulfide) groups is 1. The van der Waals surface area contributed by atoms with Crippen molar-refractivity contribution in [3.8, 4) is 0 Å². The molecule has 108 valence electrons. The summed E-state index contributed by atoms with van der Waals surface area (Å²) in [5.41, 5.74) is 0.692. The van der Waals surface area contributed by atoms with Crippen molar-refractivity contribution in [2.24, 2.45) is 23.2 Å². The minimum absolute atomic E-state index is 0.692. The molecular formula is C17H29NS. The maximum atomic E-state index is 3.96. The minimum atomic E-state index is 0.692. The van der Waals surface area contributed by atoms with Gasteiger partial charge in [-0.25, -0.2) is 0 Å². The van der Waals surface area contributed by atoms with Crippen LogP contribution in [0.25, 0.3) is 0 Å². The summed E-state index contributed by atoms with van der Waals surface area (Å²) in [6.07, 6.45) is 12.3. The van der Waals surface area contributed by atoms with Gasteiger partial charge in [-0.3, -0.25) is 0 Å². The average molecular weight is 279 g/mol. The lowest BCUT2D eigenvalue weighted by molar-refractivity contribution is -0.0702. The van der Waals surface area contributed by atoms with Gasteiger partial charge in [-0.15, -0.1) is 0 Å². The molecule has 5 aliphatic rings. The van der Waals surface area contributed by atoms with E-state index in [9.17, 15) is 0 Å². The molecule has 19 heavy (non-hydrogen) atoms. The van der Waals surface area contributed by atoms with Gasteiger partial charge in [0.1, 0.15) is 0 Å². The summed E-state index contributed by atoms with van der Waals surface area (Å²) in [6.45, 7) is 3.78. The second-order valence-corrected chi connectivity index (χ2v) is 9.45. The third-order valence-corrected chi connectivity index (χ3v) is 8.08. The second kappa shape index (κ2) is 4.94. The molecule has 0 amide bonds. The van der Waals surface area contributed by atoms with E-state index in [1.165, 1.54) is 25.1 Å². The maximum absolute atomic E-state index is 3.96. The van der Waals surface area contributed by atoms with Crippen LogP contribution in [0.2, 0.25) is 0 Å². The van der Waals surface area contributed by atoms with Crippen LogP contribution in [0.1, 0.15) is 58.3 Å². The highest BCUT2D eigenvalue weighted by atomic mass is 32.2. The van der Waals surface area contributed by atoms with Crippen LogP contribution in [0, 0.1) is 23.2 Å². The molecule has 2 atom stereocenters. The summed E-state index contributed by atoms with van der Waals surface area (Å²) in [6, 6.07) is 0.766. The fraction of sp³-hybridized carbons (Fsp3) is 1.00. The Labute approximate surface area is 122 Å². The normalized spacial score (nSPS) is 49.7. The molecule has 0 spiro atoms. The van der Waals surface area contributed by atoms with E-state index in [0.717, 1.165) is 29.0 Å². The highest BCUT2D eigenvalue weighted by Crippen LogP contribution is 2.61. The van der Waals surface area contributed by atoms with Gasteiger partial charge < -0.3 is 5.32 Å². The Morgan fingerprint density at radius 3 is 2.26 bits per heavy atom. The largest absolute Gasteiger partial charge is 0.313 e. The molecule has 1 aliphatic heterocycles. The van der Waals surface area contributed by atoms with Crippen LogP contribution in [0.4, 0.5) is 0 Å². The lowest BCUT2D eigenvalue weighted by Gasteiger charge is -2.59. The molecular weight excluding hydrogens is 250 g/mol. The molecule has 4 bridgehead atoms. The van der Waals surface area contributed by atoms with Crippen LogP contribution in [0.5, 0.6) is 0 Å². The number of hydrogen-bond acceptors (Lipinski definition) is 2. The average Bonchev–Trinajstić information content (AvgIpc) is 2.87. The first kappa shape index (κ1) is 13.0. The standard InChI is InChI=1S/C17H29NS/c1-12(18-11-16-3-2-4-19-16)17-8-13-5-14(9-17)7-15(6-13)10-17/h12-16,18H,2-11H2,1H3. The lowest BCUT2D eigenvalue weighted by atomic mass is 9.48. The third kappa shape index (κ3) is 2.37. The van der Waals surface area contributed by atoms with Crippen molar-refractivity contribution >= 4 is 11.8 Å². The fourth-order valence-electron chi connectivity index (χ4n) is 6.04. The molecule has 5 fully saturated rings. The molecule has 0 radical (unpaired) electrons. The highest BCUT2D eigenvalue weighted by Gasteiger charge is 2.52. The Morgan fingerprint density at radius 2 is 1.74 bits per heavy atom. The van der Waals surface area contributed by atoms with E-state index < -0.39 is 0 Å². The topological polar surface area (TPSA) is 12.0 Å². The van der Waals surface area contributed by atoms with Gasteiger partial charge in [0.05, 0.1) is 0 Å². The van der Waals surface area contributed by atoms with Gasteiger partial charge in [-0.05, 0) is 87.2 Å². The van der Waals surface area contributed by atoms with Crippen molar-refractivity contribution < 1.29 is 0 Å². The van der Waals surface area contributed by atoms with E-state index in [2.05, 4.69) is 24.0 Å². The first-order valence-corrected chi connectivity index (χ1v) is 9.63. The molecule has 1 heterocycles. The van der Waals surface area contributed by atoms with Gasteiger partial charge in [0, 0.05) is 17.8 Å². The first-order valence-electron chi connectivity index (χ1n) is 8.58. The summed E-state index contributed by atoms with van der Waals surface area (Å²) in [7, 11) is 0. The van der Waals surface area contributed by atoms with E-state index in [1.807, 2.05) is 0 Å². The summed E-state index contributed by atoms with van der Waals surface area (Å²) >= 11 is 2.20. The Bertz CT molecular complexity index is 299. The molecule has 0 aromatic rings. The van der Waals surface area contributed by atoms with Gasteiger partial charge in [-0.2, -0.15) is 11.8 Å². The molecule has 1 N–H and O–H groups in total. The van der Waals surface area contributed by atoms with Crippen LogP contribution >= 0.6 is 11.8 Å². The summed E-state index contributed by atoms with van der Waals surface area (Å²) in [5.74, 6) is 4.68. The van der Waals surface area contributed by atoms with Crippen LogP contribution < -0.4 is 5.32 Å². The number of rotatable bonds is 4. The van der Waals surface area contributed by atoms with Gasteiger partial charge in [-0.1, -0.05) is 0 Å². The molecule has 4 aliphatic carbocycles. The van der Waals surface area contributed by atoms with Crippen LogP contribution in [-0.4, -0.2) is 23.6 Å². The fourth-order valence-corrected chi connectivity index (χ4v) is 7.25. The Hall–Kier alpha value is 0.310. The molecule has 4 saturated carbocycles. The van der Waals surface area contributed by atoms with Crippen LogP contribution in [0.15, 0.2) is 0 Å². The molecule has 2 unspecified atom stereocenters. The Kier molecular flexibility index (Phi) is 3.38. The summed E-state index contributed by atoms with van der Waals surface area (Å²) in [5, 5.41) is 4.87. The Morgan fingerprint density at radius 1 is 1.11 bits per heavy atom. The van der Waals surface area contributed by atoms with E-state index in [-0.39, 0.29) is 0 Å². The quantitative estimate of drug-likeness (QED) is 0.832. The minimum Gasteiger partial charge on any atom is -0.313 e. The van der Waals surface area contributed by atoms with Gasteiger partial charge in [0.25, 0.3) is 0 Å². The van der Waals surface area contributed by atoms with E-state index in [1.54, 1.807) is 38.5 Å². The summed E-state index contributed by atoms with van der Waals surface area (Å²) < 4.78 is 0. The number of hydrogen-bond donors (Lipinski definition) is 1. The molecule has 1 nitrogen and oxygen atoms in total. The van der Waals surface area contributed by atoms with E-state index >= 15 is 0 Å². The highest BCUT2D eigenvalue weighted by molar-refractivity contribution is 8.00. The first-order chi connectivity index (χ1) is 9.23. The van der Waals surface area contributed by atoms with Crippen molar-refractivity contribution in [1.29, 1.82) is 0 Å². The third-order valence-electron chi connectivity index (χ3n) is 6.68. The summed E-state index contributed by atoms with van der Waals surface area (Å²) in [4.78, 5) is 0. The smallest absolute Gasteiger partial charge is 0.0172 e. The SMILES string of the molecule is CC(NCC1CCCS1)C12CC3CC(CC(C3)C1)C2. The molecule has 1 saturated heterocycles. The zero-order valence-electron chi connectivity index (χ0n) is 12.4. The van der Waals surface area contributed by atoms with E-state index in [0.29, 0.717) is 5.41 Å². The molecule has 0 aromatic heterocycles. The van der Waals surface area contributed by atoms with Crippen molar-refractivity contribution in [2.45, 2.75) is 69.6 Å².